The number of carboxylic acid groups (broad SMARTS) is 1. The normalized spacial score (nSPS) is 11.7. The first-order valence-corrected chi connectivity index (χ1v) is 7.44. The number of rotatable bonds is 5. The predicted octanol–water partition coefficient (Wildman–Crippen LogP) is 3.63. The molecule has 0 bridgehead atoms. The third-order valence-electron chi connectivity index (χ3n) is 3.64. The van der Waals surface area contributed by atoms with Crippen LogP contribution in [0.5, 0.6) is 5.75 Å². The van der Waals surface area contributed by atoms with E-state index in [-0.39, 0.29) is 18.7 Å². The van der Waals surface area contributed by atoms with Gasteiger partial charge in [0, 0.05) is 6.54 Å². The van der Waals surface area contributed by atoms with Crippen LogP contribution in [0.1, 0.15) is 6.42 Å². The van der Waals surface area contributed by atoms with Crippen LogP contribution < -0.4 is 10.5 Å². The van der Waals surface area contributed by atoms with Gasteiger partial charge in [0.1, 0.15) is 5.75 Å². The molecular weight excluding hydrogens is 355 g/mol. The van der Waals surface area contributed by atoms with E-state index in [0.717, 1.165) is 0 Å². The van der Waals surface area contributed by atoms with Crippen molar-refractivity contribution in [3.8, 4) is 16.9 Å². The molecule has 0 amide bonds. The summed E-state index contributed by atoms with van der Waals surface area (Å²) in [5, 5.41) is 8.78. The van der Waals surface area contributed by atoms with Crippen LogP contribution in [0.3, 0.4) is 0 Å². The van der Waals surface area contributed by atoms with Gasteiger partial charge >= 0.3 is 18.1 Å². The van der Waals surface area contributed by atoms with Crippen LogP contribution in [0.4, 0.5) is 13.2 Å². The molecule has 3 aromatic rings. The fourth-order valence-electron chi connectivity index (χ4n) is 2.51. The van der Waals surface area contributed by atoms with E-state index in [1.54, 1.807) is 18.2 Å². The zero-order valence-corrected chi connectivity index (χ0v) is 13.1. The van der Waals surface area contributed by atoms with Crippen molar-refractivity contribution in [2.45, 2.75) is 19.3 Å². The van der Waals surface area contributed by atoms with Crippen LogP contribution in [-0.4, -0.2) is 22.0 Å². The minimum Gasteiger partial charge on any atom is -0.481 e. The molecule has 0 spiro atoms. The molecule has 0 unspecified atom stereocenters. The van der Waals surface area contributed by atoms with Gasteiger partial charge in [0.2, 0.25) is 0 Å². The Balaban J connectivity index is 1.94. The molecule has 0 atom stereocenters. The number of alkyl halides is 3. The summed E-state index contributed by atoms with van der Waals surface area (Å²) in [6.07, 6.45) is -5.01. The minimum atomic E-state index is -4.77. The van der Waals surface area contributed by atoms with E-state index in [0.29, 0.717) is 22.2 Å². The number of benzene rings is 2. The van der Waals surface area contributed by atoms with Gasteiger partial charge in [-0.05, 0) is 35.4 Å². The van der Waals surface area contributed by atoms with Crippen molar-refractivity contribution in [3.63, 3.8) is 0 Å². The predicted molar refractivity (Wildman–Crippen MR) is 84.8 cm³/mol. The van der Waals surface area contributed by atoms with E-state index in [9.17, 15) is 22.8 Å². The summed E-state index contributed by atoms with van der Waals surface area (Å²) in [7, 11) is 0. The number of aryl methyl sites for hydroxylation is 1. The highest BCUT2D eigenvalue weighted by atomic mass is 19.4. The Hall–Kier alpha value is -3.23. The number of aromatic nitrogens is 1. The molecule has 1 aromatic heterocycles. The highest BCUT2D eigenvalue weighted by Gasteiger charge is 2.30. The average Bonchev–Trinajstić information content (AvgIpc) is 2.86. The van der Waals surface area contributed by atoms with E-state index in [2.05, 4.69) is 4.74 Å². The van der Waals surface area contributed by atoms with Gasteiger partial charge in [-0.1, -0.05) is 18.2 Å². The average molecular weight is 367 g/mol. The van der Waals surface area contributed by atoms with Gasteiger partial charge in [-0.3, -0.25) is 9.36 Å². The fourth-order valence-corrected chi connectivity index (χ4v) is 2.51. The van der Waals surface area contributed by atoms with Gasteiger partial charge in [0.05, 0.1) is 11.9 Å². The fraction of sp³-hybridized carbons (Fsp3) is 0.176. The maximum absolute atomic E-state index is 12.2. The van der Waals surface area contributed by atoms with Crippen LogP contribution in [0.25, 0.3) is 22.2 Å². The Kier molecular flexibility index (Phi) is 4.45. The number of oxazole rings is 1. The number of carbonyl (C=O) groups is 1. The maximum Gasteiger partial charge on any atom is 0.573 e. The van der Waals surface area contributed by atoms with Crippen molar-refractivity contribution in [2.75, 3.05) is 0 Å². The highest BCUT2D eigenvalue weighted by Crippen LogP contribution is 2.28. The number of ether oxygens (including phenoxy) is 1. The van der Waals surface area contributed by atoms with E-state index >= 15 is 0 Å². The van der Waals surface area contributed by atoms with Gasteiger partial charge < -0.3 is 14.3 Å². The number of hydrogen-bond acceptors (Lipinski definition) is 4. The number of halogens is 3. The van der Waals surface area contributed by atoms with E-state index in [1.807, 2.05) is 0 Å². The number of hydrogen-bond donors (Lipinski definition) is 1. The molecule has 0 aliphatic heterocycles. The zero-order chi connectivity index (χ0) is 18.9. The number of nitrogens with zero attached hydrogens (tertiary/aromatic N) is 1. The lowest BCUT2D eigenvalue weighted by Crippen LogP contribution is -2.16. The molecule has 136 valence electrons. The van der Waals surface area contributed by atoms with Crippen molar-refractivity contribution in [1.29, 1.82) is 0 Å². The van der Waals surface area contributed by atoms with Crippen molar-refractivity contribution in [2.24, 2.45) is 0 Å². The molecule has 0 radical (unpaired) electrons. The third kappa shape index (κ3) is 3.88. The van der Waals surface area contributed by atoms with Crippen molar-refractivity contribution >= 4 is 17.1 Å². The van der Waals surface area contributed by atoms with Crippen molar-refractivity contribution in [3.05, 3.63) is 53.0 Å². The first-order chi connectivity index (χ1) is 12.2. The molecule has 0 fully saturated rings. The molecule has 0 aliphatic rings. The van der Waals surface area contributed by atoms with Crippen LogP contribution in [-0.2, 0) is 11.3 Å². The summed E-state index contributed by atoms with van der Waals surface area (Å²) < 4.78 is 46.7. The lowest BCUT2D eigenvalue weighted by atomic mass is 10.1. The van der Waals surface area contributed by atoms with Crippen LogP contribution in [0.15, 0.2) is 51.7 Å². The van der Waals surface area contributed by atoms with Crippen LogP contribution in [0, 0.1) is 0 Å². The molecule has 1 N–H and O–H groups in total. The summed E-state index contributed by atoms with van der Waals surface area (Å²) in [5.41, 5.74) is 1.92. The number of carboxylic acids is 1. The Labute approximate surface area is 144 Å². The van der Waals surface area contributed by atoms with Crippen LogP contribution >= 0.6 is 0 Å². The summed E-state index contributed by atoms with van der Waals surface area (Å²) in [5.74, 6) is -2.07. The van der Waals surface area contributed by atoms with Crippen LogP contribution in [0.2, 0.25) is 0 Å². The topological polar surface area (TPSA) is 81.7 Å². The first kappa shape index (κ1) is 17.6. The van der Waals surface area contributed by atoms with E-state index in [1.165, 1.54) is 28.8 Å². The van der Waals surface area contributed by atoms with Gasteiger partial charge in [0.15, 0.2) is 5.58 Å². The lowest BCUT2D eigenvalue weighted by molar-refractivity contribution is -0.274. The Morgan fingerprint density at radius 2 is 1.77 bits per heavy atom. The lowest BCUT2D eigenvalue weighted by Gasteiger charge is -2.09. The largest absolute Gasteiger partial charge is 0.573 e. The Morgan fingerprint density at radius 3 is 2.38 bits per heavy atom. The second-order valence-electron chi connectivity index (χ2n) is 5.42. The third-order valence-corrected chi connectivity index (χ3v) is 3.64. The number of fused-ring (bicyclic) bond motifs is 1. The molecule has 9 heteroatoms. The molecule has 1 heterocycles. The molecule has 6 nitrogen and oxygen atoms in total. The van der Waals surface area contributed by atoms with Crippen molar-refractivity contribution < 1.29 is 32.2 Å². The smallest absolute Gasteiger partial charge is 0.481 e. The van der Waals surface area contributed by atoms with E-state index in [4.69, 9.17) is 9.52 Å². The molecule has 2 aromatic carbocycles. The van der Waals surface area contributed by atoms with E-state index < -0.39 is 18.1 Å². The number of aliphatic carboxylic acids is 1. The molecule has 0 saturated heterocycles. The summed E-state index contributed by atoms with van der Waals surface area (Å²) in [4.78, 5) is 22.6. The molecule has 0 aliphatic carbocycles. The molecule has 26 heavy (non-hydrogen) atoms. The zero-order valence-electron chi connectivity index (χ0n) is 13.1. The summed E-state index contributed by atoms with van der Waals surface area (Å²) >= 11 is 0. The second kappa shape index (κ2) is 6.58. The SMILES string of the molecule is O=C(O)CCn1c(=O)oc2ccc(-c3ccc(OC(F)(F)F)cc3)cc21. The molecular formula is C17H12F3NO5. The molecule has 0 saturated carbocycles. The highest BCUT2D eigenvalue weighted by molar-refractivity contribution is 5.81. The van der Waals surface area contributed by atoms with Gasteiger partial charge in [-0.25, -0.2) is 4.79 Å². The Morgan fingerprint density at radius 1 is 1.12 bits per heavy atom. The maximum atomic E-state index is 12.2. The standard InChI is InChI=1S/C17H12F3NO5/c18-17(19,20)26-12-4-1-10(2-5-12)11-3-6-14-13(9-11)21(16(24)25-14)8-7-15(22)23/h1-6,9H,7-8H2,(H,22,23). The minimum absolute atomic E-state index is 0.0526. The van der Waals surface area contributed by atoms with Gasteiger partial charge in [-0.2, -0.15) is 0 Å². The van der Waals surface area contributed by atoms with Crippen molar-refractivity contribution in [1.82, 2.24) is 4.57 Å². The quantitative estimate of drug-likeness (QED) is 0.745. The second-order valence-corrected chi connectivity index (χ2v) is 5.42. The van der Waals surface area contributed by atoms with Gasteiger partial charge in [-0.15, -0.1) is 13.2 Å². The summed E-state index contributed by atoms with van der Waals surface area (Å²) in [6, 6.07) is 10.1. The summed E-state index contributed by atoms with van der Waals surface area (Å²) in [6.45, 7) is -0.0526. The monoisotopic (exact) mass is 367 g/mol. The van der Waals surface area contributed by atoms with Gasteiger partial charge in [0.25, 0.3) is 0 Å². The first-order valence-electron chi connectivity index (χ1n) is 7.44. The molecule has 3 rings (SSSR count). The Bertz CT molecular complexity index is 1000.